The number of nitrogens with one attached hydrogen (secondary N) is 1. The van der Waals surface area contributed by atoms with Crippen LogP contribution in [0.2, 0.25) is 0 Å². The minimum atomic E-state index is -0.311. The van der Waals surface area contributed by atoms with Crippen LogP contribution >= 0.6 is 0 Å². The molecule has 1 aliphatic rings. The van der Waals surface area contributed by atoms with Crippen molar-refractivity contribution in [1.29, 1.82) is 0 Å². The highest BCUT2D eigenvalue weighted by Gasteiger charge is 2.33. The first kappa shape index (κ1) is 16.6. The second-order valence-corrected chi connectivity index (χ2v) is 6.36. The summed E-state index contributed by atoms with van der Waals surface area (Å²) >= 11 is 0. The highest BCUT2D eigenvalue weighted by molar-refractivity contribution is 5.96. The molecule has 2 N–H and O–H groups in total. The van der Waals surface area contributed by atoms with Crippen molar-refractivity contribution in [3.05, 3.63) is 47.0 Å². The van der Waals surface area contributed by atoms with Crippen molar-refractivity contribution in [1.82, 2.24) is 15.1 Å². The zero-order valence-corrected chi connectivity index (χ0v) is 13.9. The van der Waals surface area contributed by atoms with E-state index < -0.39 is 0 Å². The molecule has 6 heteroatoms. The number of amides is 1. The summed E-state index contributed by atoms with van der Waals surface area (Å²) in [5.74, 6) is -0.00732. The standard InChI is InChI=1S/C18H22FN3O2/c1-11-17(18(24)20-16(9-10-23)13-3-4-13)12(2)22(21-11)15-7-5-14(19)6-8-15/h5-8,13,16,23H,3-4,9-10H2,1-2H3,(H,20,24). The Balaban J connectivity index is 1.85. The number of benzene rings is 1. The first-order valence-electron chi connectivity index (χ1n) is 8.25. The number of aryl methyl sites for hydroxylation is 1. The average Bonchev–Trinajstić information content (AvgIpc) is 3.34. The van der Waals surface area contributed by atoms with Crippen molar-refractivity contribution >= 4 is 5.91 Å². The van der Waals surface area contributed by atoms with Crippen LogP contribution in [0.15, 0.2) is 24.3 Å². The maximum absolute atomic E-state index is 13.1. The lowest BCUT2D eigenvalue weighted by atomic mass is 10.1. The van der Waals surface area contributed by atoms with Gasteiger partial charge in [0.2, 0.25) is 0 Å². The number of carbonyl (C=O) groups excluding carboxylic acids is 1. The van der Waals surface area contributed by atoms with Gasteiger partial charge in [-0.25, -0.2) is 9.07 Å². The first-order valence-corrected chi connectivity index (χ1v) is 8.25. The molecule has 0 saturated heterocycles. The molecule has 24 heavy (non-hydrogen) atoms. The van der Waals surface area contributed by atoms with E-state index in [1.807, 2.05) is 6.92 Å². The fourth-order valence-electron chi connectivity index (χ4n) is 3.11. The van der Waals surface area contributed by atoms with E-state index in [9.17, 15) is 14.3 Å². The maximum Gasteiger partial charge on any atom is 0.255 e. The van der Waals surface area contributed by atoms with Crippen LogP contribution in [0, 0.1) is 25.6 Å². The van der Waals surface area contributed by atoms with Gasteiger partial charge in [0.25, 0.3) is 5.91 Å². The smallest absolute Gasteiger partial charge is 0.255 e. The molecule has 2 aromatic rings. The molecule has 1 saturated carbocycles. The highest BCUT2D eigenvalue weighted by Crippen LogP contribution is 2.34. The Hall–Kier alpha value is -2.21. The van der Waals surface area contributed by atoms with Gasteiger partial charge in [-0.2, -0.15) is 5.10 Å². The lowest BCUT2D eigenvalue weighted by Gasteiger charge is -2.17. The number of carbonyl (C=O) groups is 1. The van der Waals surface area contributed by atoms with Crippen LogP contribution in [0.25, 0.3) is 5.69 Å². The van der Waals surface area contributed by atoms with E-state index in [1.165, 1.54) is 12.1 Å². The summed E-state index contributed by atoms with van der Waals surface area (Å²) in [5, 5.41) is 16.7. The molecule has 128 valence electrons. The third-order valence-electron chi connectivity index (χ3n) is 4.54. The molecule has 0 aliphatic heterocycles. The van der Waals surface area contributed by atoms with E-state index in [0.717, 1.165) is 18.5 Å². The van der Waals surface area contributed by atoms with Crippen LogP contribution in [0.3, 0.4) is 0 Å². The number of hydrogen-bond acceptors (Lipinski definition) is 3. The molecular formula is C18H22FN3O2. The van der Waals surface area contributed by atoms with Crippen LogP contribution in [0.5, 0.6) is 0 Å². The minimum Gasteiger partial charge on any atom is -0.396 e. The number of aliphatic hydroxyl groups is 1. The van der Waals surface area contributed by atoms with Crippen LogP contribution in [-0.4, -0.2) is 33.4 Å². The van der Waals surface area contributed by atoms with Gasteiger partial charge >= 0.3 is 0 Å². The summed E-state index contributed by atoms with van der Waals surface area (Å²) < 4.78 is 14.8. The number of aliphatic hydroxyl groups excluding tert-OH is 1. The Kier molecular flexibility index (Phi) is 4.66. The fourth-order valence-corrected chi connectivity index (χ4v) is 3.11. The quantitative estimate of drug-likeness (QED) is 0.855. The van der Waals surface area contributed by atoms with Crippen LogP contribution < -0.4 is 5.32 Å². The molecule has 5 nitrogen and oxygen atoms in total. The third kappa shape index (κ3) is 3.33. The molecule has 1 unspecified atom stereocenters. The number of nitrogens with zero attached hydrogens (tertiary/aromatic N) is 2. The molecule has 0 bridgehead atoms. The summed E-state index contributed by atoms with van der Waals surface area (Å²) in [6.45, 7) is 3.69. The number of hydrogen-bond donors (Lipinski definition) is 2. The zero-order valence-electron chi connectivity index (χ0n) is 13.9. The van der Waals surface area contributed by atoms with Gasteiger partial charge in [-0.3, -0.25) is 4.79 Å². The SMILES string of the molecule is Cc1nn(-c2ccc(F)cc2)c(C)c1C(=O)NC(CCO)C1CC1. The Bertz CT molecular complexity index is 735. The first-order chi connectivity index (χ1) is 11.5. The second-order valence-electron chi connectivity index (χ2n) is 6.36. The molecule has 0 radical (unpaired) electrons. The van der Waals surface area contributed by atoms with Gasteiger partial charge in [0.1, 0.15) is 5.82 Å². The van der Waals surface area contributed by atoms with E-state index in [0.29, 0.717) is 29.3 Å². The van der Waals surface area contributed by atoms with E-state index in [1.54, 1.807) is 23.7 Å². The van der Waals surface area contributed by atoms with Gasteiger partial charge in [-0.15, -0.1) is 0 Å². The molecule has 1 amide bonds. The van der Waals surface area contributed by atoms with Crippen molar-refractivity contribution in [2.24, 2.45) is 5.92 Å². The summed E-state index contributed by atoms with van der Waals surface area (Å²) in [6.07, 6.45) is 2.76. The second kappa shape index (κ2) is 6.73. The van der Waals surface area contributed by atoms with E-state index in [-0.39, 0.29) is 24.4 Å². The molecule has 1 aliphatic carbocycles. The Morgan fingerprint density at radius 2 is 2.04 bits per heavy atom. The van der Waals surface area contributed by atoms with Crippen molar-refractivity contribution in [3.63, 3.8) is 0 Å². The van der Waals surface area contributed by atoms with Gasteiger partial charge in [-0.1, -0.05) is 0 Å². The molecule has 1 aromatic carbocycles. The number of halogens is 1. The highest BCUT2D eigenvalue weighted by atomic mass is 19.1. The fraction of sp³-hybridized carbons (Fsp3) is 0.444. The third-order valence-corrected chi connectivity index (χ3v) is 4.54. The lowest BCUT2D eigenvalue weighted by Crippen LogP contribution is -2.37. The number of rotatable bonds is 6. The van der Waals surface area contributed by atoms with Crippen LogP contribution in [-0.2, 0) is 0 Å². The summed E-state index contributed by atoms with van der Waals surface area (Å²) in [7, 11) is 0. The Labute approximate surface area is 140 Å². The van der Waals surface area contributed by atoms with Gasteiger partial charge in [0.05, 0.1) is 22.6 Å². The summed E-state index contributed by atoms with van der Waals surface area (Å²) in [6, 6.07) is 6.02. The molecule has 1 fully saturated rings. The Morgan fingerprint density at radius 3 is 2.62 bits per heavy atom. The molecule has 1 atom stereocenters. The van der Waals surface area contributed by atoms with Crippen LogP contribution in [0.4, 0.5) is 4.39 Å². The van der Waals surface area contributed by atoms with E-state index in [4.69, 9.17) is 0 Å². The topological polar surface area (TPSA) is 67.2 Å². The van der Waals surface area contributed by atoms with Crippen LogP contribution in [0.1, 0.15) is 41.0 Å². The van der Waals surface area contributed by atoms with Crippen molar-refractivity contribution < 1.29 is 14.3 Å². The monoisotopic (exact) mass is 331 g/mol. The van der Waals surface area contributed by atoms with Crippen molar-refractivity contribution in [3.8, 4) is 5.69 Å². The zero-order chi connectivity index (χ0) is 17.3. The molecule has 3 rings (SSSR count). The largest absolute Gasteiger partial charge is 0.396 e. The lowest BCUT2D eigenvalue weighted by molar-refractivity contribution is 0.0923. The van der Waals surface area contributed by atoms with Crippen molar-refractivity contribution in [2.75, 3.05) is 6.61 Å². The van der Waals surface area contributed by atoms with E-state index >= 15 is 0 Å². The number of aromatic nitrogens is 2. The average molecular weight is 331 g/mol. The summed E-state index contributed by atoms with van der Waals surface area (Å²) in [5.41, 5.74) is 2.61. The molecule has 0 spiro atoms. The molecule has 1 aromatic heterocycles. The Morgan fingerprint density at radius 1 is 1.38 bits per heavy atom. The maximum atomic E-state index is 13.1. The predicted octanol–water partition coefficient (Wildman–Crippen LogP) is 2.52. The van der Waals surface area contributed by atoms with Gasteiger partial charge < -0.3 is 10.4 Å². The summed E-state index contributed by atoms with van der Waals surface area (Å²) in [4.78, 5) is 12.7. The van der Waals surface area contributed by atoms with E-state index in [2.05, 4.69) is 10.4 Å². The minimum absolute atomic E-state index is 0.00970. The van der Waals surface area contributed by atoms with Gasteiger partial charge in [0.15, 0.2) is 0 Å². The predicted molar refractivity (Wildman–Crippen MR) is 88.7 cm³/mol. The van der Waals surface area contributed by atoms with Crippen molar-refractivity contribution in [2.45, 2.75) is 39.2 Å². The molecular weight excluding hydrogens is 309 g/mol. The van der Waals surface area contributed by atoms with Gasteiger partial charge in [-0.05, 0) is 63.3 Å². The molecule has 1 heterocycles. The normalized spacial score (nSPS) is 15.3. The van der Waals surface area contributed by atoms with Gasteiger partial charge in [0, 0.05) is 12.6 Å².